The van der Waals surface area contributed by atoms with Crippen LogP contribution in [-0.2, 0) is 0 Å². The largest absolute Gasteiger partial charge is 0.383 e. The molecule has 0 spiro atoms. The SMILES string of the molecule is CCCCCCCCNc1c[nH]c2ccccc12. The van der Waals surface area contributed by atoms with Crippen LogP contribution in [0.1, 0.15) is 45.4 Å². The number of para-hydroxylation sites is 1. The molecule has 2 N–H and O–H groups in total. The minimum Gasteiger partial charge on any atom is -0.383 e. The van der Waals surface area contributed by atoms with Gasteiger partial charge in [-0.1, -0.05) is 57.2 Å². The van der Waals surface area contributed by atoms with Gasteiger partial charge in [-0.3, -0.25) is 0 Å². The van der Waals surface area contributed by atoms with Crippen LogP contribution in [0.5, 0.6) is 0 Å². The Kier molecular flexibility index (Phi) is 5.13. The van der Waals surface area contributed by atoms with E-state index >= 15 is 0 Å². The highest BCUT2D eigenvalue weighted by Gasteiger charge is 2.00. The summed E-state index contributed by atoms with van der Waals surface area (Å²) in [5.74, 6) is 0. The molecule has 0 fully saturated rings. The van der Waals surface area contributed by atoms with Crippen molar-refractivity contribution < 1.29 is 0 Å². The molecule has 2 rings (SSSR count). The molecular weight excluding hydrogens is 220 g/mol. The van der Waals surface area contributed by atoms with Gasteiger partial charge in [0.15, 0.2) is 0 Å². The Morgan fingerprint density at radius 3 is 2.67 bits per heavy atom. The smallest absolute Gasteiger partial charge is 0.0597 e. The summed E-state index contributed by atoms with van der Waals surface area (Å²) in [7, 11) is 0. The van der Waals surface area contributed by atoms with Crippen molar-refractivity contribution in [2.24, 2.45) is 0 Å². The van der Waals surface area contributed by atoms with Crippen LogP contribution in [0.2, 0.25) is 0 Å². The van der Waals surface area contributed by atoms with Crippen molar-refractivity contribution in [3.8, 4) is 0 Å². The second-order valence-corrected chi connectivity index (χ2v) is 4.94. The first-order chi connectivity index (χ1) is 8.92. The van der Waals surface area contributed by atoms with Gasteiger partial charge in [0.1, 0.15) is 0 Å². The zero-order valence-corrected chi connectivity index (χ0v) is 11.3. The predicted octanol–water partition coefficient (Wildman–Crippen LogP) is 4.94. The molecule has 0 amide bonds. The van der Waals surface area contributed by atoms with Crippen molar-refractivity contribution >= 4 is 16.6 Å². The number of anilines is 1. The fourth-order valence-electron chi connectivity index (χ4n) is 2.35. The fourth-order valence-corrected chi connectivity index (χ4v) is 2.35. The predicted molar refractivity (Wildman–Crippen MR) is 80.2 cm³/mol. The van der Waals surface area contributed by atoms with Crippen LogP contribution in [-0.4, -0.2) is 11.5 Å². The summed E-state index contributed by atoms with van der Waals surface area (Å²) in [6.45, 7) is 3.34. The number of aromatic amines is 1. The maximum atomic E-state index is 3.53. The van der Waals surface area contributed by atoms with Crippen molar-refractivity contribution in [1.29, 1.82) is 0 Å². The standard InChI is InChI=1S/C16H24N2/c1-2-3-4-5-6-9-12-17-16-13-18-15-11-8-7-10-14(15)16/h7-8,10-11,13,17-18H,2-6,9,12H2,1H3. The van der Waals surface area contributed by atoms with E-state index in [1.54, 1.807) is 0 Å². The lowest BCUT2D eigenvalue weighted by Crippen LogP contribution is -2.00. The van der Waals surface area contributed by atoms with Gasteiger partial charge in [0.05, 0.1) is 5.69 Å². The molecule has 0 aliphatic heterocycles. The van der Waals surface area contributed by atoms with E-state index in [0.29, 0.717) is 0 Å². The van der Waals surface area contributed by atoms with Gasteiger partial charge in [0.25, 0.3) is 0 Å². The van der Waals surface area contributed by atoms with Crippen molar-refractivity contribution in [3.05, 3.63) is 30.5 Å². The van der Waals surface area contributed by atoms with Gasteiger partial charge < -0.3 is 10.3 Å². The molecule has 0 atom stereocenters. The molecule has 0 unspecified atom stereocenters. The maximum Gasteiger partial charge on any atom is 0.0597 e. The van der Waals surface area contributed by atoms with Gasteiger partial charge in [-0.15, -0.1) is 0 Å². The molecule has 0 aliphatic rings. The molecule has 2 nitrogen and oxygen atoms in total. The topological polar surface area (TPSA) is 27.8 Å². The quantitative estimate of drug-likeness (QED) is 0.632. The average molecular weight is 244 g/mol. The highest BCUT2D eigenvalue weighted by atomic mass is 14.9. The van der Waals surface area contributed by atoms with E-state index in [4.69, 9.17) is 0 Å². The molecular formula is C16H24N2. The molecule has 0 saturated carbocycles. The third-order valence-electron chi connectivity index (χ3n) is 3.44. The Labute approximate surface area is 110 Å². The summed E-state index contributed by atoms with van der Waals surface area (Å²) in [6, 6.07) is 8.43. The number of H-pyrrole nitrogens is 1. The second kappa shape index (κ2) is 7.10. The molecule has 18 heavy (non-hydrogen) atoms. The summed E-state index contributed by atoms with van der Waals surface area (Å²) in [5.41, 5.74) is 2.45. The Balaban J connectivity index is 1.70. The number of aromatic nitrogens is 1. The van der Waals surface area contributed by atoms with Crippen LogP contribution in [0.4, 0.5) is 5.69 Å². The molecule has 98 valence electrons. The van der Waals surface area contributed by atoms with Gasteiger partial charge in [-0.25, -0.2) is 0 Å². The van der Waals surface area contributed by atoms with Crippen LogP contribution in [0, 0.1) is 0 Å². The first-order valence-corrected chi connectivity index (χ1v) is 7.22. The number of fused-ring (bicyclic) bond motifs is 1. The number of hydrogen-bond acceptors (Lipinski definition) is 1. The van der Waals surface area contributed by atoms with Crippen LogP contribution < -0.4 is 5.32 Å². The van der Waals surface area contributed by atoms with Crippen molar-refractivity contribution in [3.63, 3.8) is 0 Å². The van der Waals surface area contributed by atoms with Gasteiger partial charge in [-0.2, -0.15) is 0 Å². The third-order valence-corrected chi connectivity index (χ3v) is 3.44. The van der Waals surface area contributed by atoms with Crippen molar-refractivity contribution in [2.45, 2.75) is 45.4 Å². The summed E-state index contributed by atoms with van der Waals surface area (Å²) in [6.07, 6.45) is 10.2. The molecule has 1 aromatic heterocycles. The van der Waals surface area contributed by atoms with Crippen molar-refractivity contribution in [2.75, 3.05) is 11.9 Å². The molecule has 0 saturated heterocycles. The molecule has 2 aromatic rings. The Morgan fingerprint density at radius 2 is 1.78 bits per heavy atom. The van der Waals surface area contributed by atoms with E-state index in [-0.39, 0.29) is 0 Å². The van der Waals surface area contributed by atoms with E-state index in [1.807, 2.05) is 0 Å². The van der Waals surface area contributed by atoms with Gasteiger partial charge in [0, 0.05) is 23.6 Å². The first kappa shape index (κ1) is 13.0. The second-order valence-electron chi connectivity index (χ2n) is 4.94. The summed E-state index contributed by atoms with van der Waals surface area (Å²) in [5, 5.41) is 4.82. The zero-order chi connectivity index (χ0) is 12.6. The minimum absolute atomic E-state index is 1.08. The number of rotatable bonds is 8. The van der Waals surface area contributed by atoms with E-state index in [2.05, 4.69) is 47.7 Å². The van der Waals surface area contributed by atoms with Gasteiger partial charge in [-0.05, 0) is 12.5 Å². The monoisotopic (exact) mass is 244 g/mol. The number of unbranched alkanes of at least 4 members (excludes halogenated alkanes) is 5. The minimum atomic E-state index is 1.08. The lowest BCUT2D eigenvalue weighted by Gasteiger charge is -2.04. The van der Waals surface area contributed by atoms with E-state index < -0.39 is 0 Å². The molecule has 0 bridgehead atoms. The molecule has 0 aliphatic carbocycles. The molecule has 0 radical (unpaired) electrons. The van der Waals surface area contributed by atoms with E-state index in [0.717, 1.165) is 6.54 Å². The third kappa shape index (κ3) is 3.52. The number of nitrogens with one attached hydrogen (secondary N) is 2. The Hall–Kier alpha value is -1.44. The fraction of sp³-hybridized carbons (Fsp3) is 0.500. The number of hydrogen-bond donors (Lipinski definition) is 2. The van der Waals surface area contributed by atoms with Gasteiger partial charge in [0.2, 0.25) is 0 Å². The summed E-state index contributed by atoms with van der Waals surface area (Å²) in [4.78, 5) is 3.29. The van der Waals surface area contributed by atoms with Gasteiger partial charge >= 0.3 is 0 Å². The van der Waals surface area contributed by atoms with E-state index in [9.17, 15) is 0 Å². The Bertz CT molecular complexity index is 459. The summed E-state index contributed by atoms with van der Waals surface area (Å²) >= 11 is 0. The number of benzene rings is 1. The molecule has 1 heterocycles. The normalized spacial score (nSPS) is 10.9. The van der Waals surface area contributed by atoms with Crippen molar-refractivity contribution in [1.82, 2.24) is 4.98 Å². The zero-order valence-electron chi connectivity index (χ0n) is 11.3. The van der Waals surface area contributed by atoms with Crippen LogP contribution in [0.25, 0.3) is 10.9 Å². The highest BCUT2D eigenvalue weighted by molar-refractivity contribution is 5.92. The maximum absolute atomic E-state index is 3.53. The molecule has 2 heteroatoms. The first-order valence-electron chi connectivity index (χ1n) is 7.22. The summed E-state index contributed by atoms with van der Waals surface area (Å²) < 4.78 is 0. The van der Waals surface area contributed by atoms with Crippen LogP contribution >= 0.6 is 0 Å². The van der Waals surface area contributed by atoms with Crippen LogP contribution in [0.3, 0.4) is 0 Å². The average Bonchev–Trinajstić information content (AvgIpc) is 2.81. The van der Waals surface area contributed by atoms with Crippen LogP contribution in [0.15, 0.2) is 30.5 Å². The Morgan fingerprint density at radius 1 is 1.00 bits per heavy atom. The highest BCUT2D eigenvalue weighted by Crippen LogP contribution is 2.22. The lowest BCUT2D eigenvalue weighted by molar-refractivity contribution is 0.617. The molecule has 1 aromatic carbocycles. The lowest BCUT2D eigenvalue weighted by atomic mass is 10.1. The van der Waals surface area contributed by atoms with E-state index in [1.165, 1.54) is 55.1 Å².